The van der Waals surface area contributed by atoms with E-state index >= 15 is 0 Å². The lowest BCUT2D eigenvalue weighted by Gasteiger charge is -2.32. The van der Waals surface area contributed by atoms with Gasteiger partial charge in [0.05, 0.1) is 30.3 Å². The maximum Gasteiger partial charge on any atom is 0.256 e. The lowest BCUT2D eigenvalue weighted by atomic mass is 10.0. The Labute approximate surface area is 180 Å². The highest BCUT2D eigenvalue weighted by molar-refractivity contribution is 6.07. The molecule has 0 saturated carbocycles. The van der Waals surface area contributed by atoms with E-state index in [2.05, 4.69) is 10.4 Å². The average Bonchev–Trinajstić information content (AvgIpc) is 3.54. The number of ether oxygens (including phenoxy) is 1. The van der Waals surface area contributed by atoms with Gasteiger partial charge in [-0.1, -0.05) is 18.2 Å². The Kier molecular flexibility index (Phi) is 5.23. The van der Waals surface area contributed by atoms with E-state index in [0.717, 1.165) is 41.5 Å². The number of likely N-dealkylation sites (tertiary alicyclic amines) is 1. The van der Waals surface area contributed by atoms with Gasteiger partial charge in [-0.25, -0.2) is 4.68 Å². The van der Waals surface area contributed by atoms with Crippen LogP contribution in [0.1, 0.15) is 35.7 Å². The molecule has 162 valence electrons. The maximum absolute atomic E-state index is 13.2. The Morgan fingerprint density at radius 3 is 2.71 bits per heavy atom. The summed E-state index contributed by atoms with van der Waals surface area (Å²) in [6, 6.07) is 9.98. The molecule has 2 saturated heterocycles. The lowest BCUT2D eigenvalue weighted by Crippen LogP contribution is -2.39. The van der Waals surface area contributed by atoms with Gasteiger partial charge in [-0.05, 0) is 25.3 Å². The van der Waals surface area contributed by atoms with Gasteiger partial charge in [0.2, 0.25) is 5.91 Å². The predicted molar refractivity (Wildman–Crippen MR) is 117 cm³/mol. The molecule has 3 aromatic rings. The summed E-state index contributed by atoms with van der Waals surface area (Å²) < 4.78 is 9.22. The van der Waals surface area contributed by atoms with E-state index in [1.165, 1.54) is 0 Å². The number of aryl methyl sites for hydroxylation is 1. The third-order valence-electron chi connectivity index (χ3n) is 6.45. The maximum atomic E-state index is 13.2. The van der Waals surface area contributed by atoms with Crippen molar-refractivity contribution in [3.05, 3.63) is 48.3 Å². The summed E-state index contributed by atoms with van der Waals surface area (Å²) in [4.78, 5) is 27.6. The fourth-order valence-corrected chi connectivity index (χ4v) is 4.67. The van der Waals surface area contributed by atoms with Gasteiger partial charge in [0.1, 0.15) is 5.82 Å². The molecule has 2 amide bonds. The number of nitrogens with one attached hydrogen (secondary N) is 1. The van der Waals surface area contributed by atoms with Gasteiger partial charge in [-0.2, -0.15) is 5.10 Å². The molecule has 0 radical (unpaired) electrons. The minimum atomic E-state index is -0.0940. The second-order valence-corrected chi connectivity index (χ2v) is 8.40. The number of carbonyl (C=O) groups is 2. The van der Waals surface area contributed by atoms with Crippen LogP contribution in [0, 0.1) is 5.92 Å². The second kappa shape index (κ2) is 8.19. The van der Waals surface area contributed by atoms with Crippen LogP contribution >= 0.6 is 0 Å². The van der Waals surface area contributed by atoms with Crippen LogP contribution < -0.4 is 5.32 Å². The summed E-state index contributed by atoms with van der Waals surface area (Å²) in [7, 11) is 1.97. The molecule has 1 N–H and O–H groups in total. The highest BCUT2D eigenvalue weighted by Crippen LogP contribution is 2.28. The Hall–Kier alpha value is -3.13. The zero-order chi connectivity index (χ0) is 21.4. The summed E-state index contributed by atoms with van der Waals surface area (Å²) in [5, 5.41) is 8.46. The SMILES string of the molecule is Cn1cc(C(=O)N2CCC(n3nccc3NC(=O)[C@@H]3CCOC3)CC2)c2ccccc21. The van der Waals surface area contributed by atoms with Crippen LogP contribution in [0.15, 0.2) is 42.7 Å². The van der Waals surface area contributed by atoms with Crippen molar-refractivity contribution < 1.29 is 14.3 Å². The average molecular weight is 422 g/mol. The molecular weight excluding hydrogens is 394 g/mol. The molecule has 8 heteroatoms. The number of carbonyl (C=O) groups excluding carboxylic acids is 2. The molecule has 2 fully saturated rings. The Morgan fingerprint density at radius 1 is 1.13 bits per heavy atom. The van der Waals surface area contributed by atoms with Crippen LogP contribution in [0.3, 0.4) is 0 Å². The zero-order valence-electron chi connectivity index (χ0n) is 17.7. The first-order valence-corrected chi connectivity index (χ1v) is 10.9. The van der Waals surface area contributed by atoms with Crippen LogP contribution in [-0.2, 0) is 16.6 Å². The molecule has 1 atom stereocenters. The van der Waals surface area contributed by atoms with Crippen LogP contribution in [0.25, 0.3) is 10.9 Å². The third-order valence-corrected chi connectivity index (χ3v) is 6.45. The molecule has 0 spiro atoms. The number of fused-ring (bicyclic) bond motifs is 1. The number of benzene rings is 1. The highest BCUT2D eigenvalue weighted by atomic mass is 16.5. The third kappa shape index (κ3) is 3.72. The number of nitrogens with zero attached hydrogens (tertiary/aromatic N) is 4. The number of aromatic nitrogens is 3. The van der Waals surface area contributed by atoms with Crippen LogP contribution in [0.2, 0.25) is 0 Å². The smallest absolute Gasteiger partial charge is 0.256 e. The first kappa shape index (κ1) is 19.8. The van der Waals surface area contributed by atoms with Crippen molar-refractivity contribution in [2.24, 2.45) is 13.0 Å². The van der Waals surface area contributed by atoms with Gasteiger partial charge < -0.3 is 19.5 Å². The van der Waals surface area contributed by atoms with E-state index in [1.54, 1.807) is 6.20 Å². The number of hydrogen-bond acceptors (Lipinski definition) is 4. The predicted octanol–water partition coefficient (Wildman–Crippen LogP) is 2.83. The van der Waals surface area contributed by atoms with Crippen molar-refractivity contribution in [1.29, 1.82) is 0 Å². The zero-order valence-corrected chi connectivity index (χ0v) is 17.7. The first-order chi connectivity index (χ1) is 15.1. The van der Waals surface area contributed by atoms with Crippen LogP contribution in [0.4, 0.5) is 5.82 Å². The van der Waals surface area contributed by atoms with Crippen molar-refractivity contribution in [2.75, 3.05) is 31.6 Å². The van der Waals surface area contributed by atoms with Crippen LogP contribution in [0.5, 0.6) is 0 Å². The number of piperidine rings is 1. The lowest BCUT2D eigenvalue weighted by molar-refractivity contribution is -0.119. The monoisotopic (exact) mass is 421 g/mol. The fourth-order valence-electron chi connectivity index (χ4n) is 4.67. The highest BCUT2D eigenvalue weighted by Gasteiger charge is 2.29. The molecule has 8 nitrogen and oxygen atoms in total. The molecule has 0 aliphatic carbocycles. The number of para-hydroxylation sites is 1. The van der Waals surface area contributed by atoms with Crippen molar-refractivity contribution in [1.82, 2.24) is 19.2 Å². The molecule has 2 aliphatic heterocycles. The van der Waals surface area contributed by atoms with Crippen molar-refractivity contribution >= 4 is 28.5 Å². The van der Waals surface area contributed by atoms with Gasteiger partial charge in [0.15, 0.2) is 0 Å². The topological polar surface area (TPSA) is 81.4 Å². The van der Waals surface area contributed by atoms with E-state index in [4.69, 9.17) is 4.74 Å². The molecular formula is C23H27N5O3. The fraction of sp³-hybridized carbons (Fsp3) is 0.435. The van der Waals surface area contributed by atoms with Crippen molar-refractivity contribution in [2.45, 2.75) is 25.3 Å². The molecule has 2 aromatic heterocycles. The minimum Gasteiger partial charge on any atom is -0.381 e. The normalized spacial score (nSPS) is 19.8. The molecule has 0 bridgehead atoms. The summed E-state index contributed by atoms with van der Waals surface area (Å²) in [6.07, 6.45) is 6.00. The van der Waals surface area contributed by atoms with Gasteiger partial charge >= 0.3 is 0 Å². The number of anilines is 1. The minimum absolute atomic E-state index is 0.0113. The summed E-state index contributed by atoms with van der Waals surface area (Å²) in [5.74, 6) is 0.688. The molecule has 2 aliphatic rings. The van der Waals surface area contributed by atoms with Gasteiger partial charge in [-0.15, -0.1) is 0 Å². The van der Waals surface area contributed by atoms with E-state index in [1.807, 2.05) is 57.7 Å². The Balaban J connectivity index is 1.25. The standard InChI is InChI=1S/C23H27N5O3/c1-26-14-19(18-4-2-3-5-20(18)26)23(30)27-11-7-17(8-12-27)28-21(6-10-24-28)25-22(29)16-9-13-31-15-16/h2-6,10,14,16-17H,7-9,11-13,15H2,1H3,(H,25,29)/t16-/m1/s1. The van der Waals surface area contributed by atoms with E-state index in [9.17, 15) is 9.59 Å². The number of hydrogen-bond donors (Lipinski definition) is 1. The Morgan fingerprint density at radius 2 is 1.94 bits per heavy atom. The molecule has 31 heavy (non-hydrogen) atoms. The number of amides is 2. The first-order valence-electron chi connectivity index (χ1n) is 10.9. The largest absolute Gasteiger partial charge is 0.381 e. The van der Waals surface area contributed by atoms with Gasteiger partial charge in [-0.3, -0.25) is 9.59 Å². The van der Waals surface area contributed by atoms with E-state index < -0.39 is 0 Å². The number of rotatable bonds is 4. The van der Waals surface area contributed by atoms with Gasteiger partial charge in [0.25, 0.3) is 5.91 Å². The van der Waals surface area contributed by atoms with Crippen LogP contribution in [-0.4, -0.2) is 57.4 Å². The van der Waals surface area contributed by atoms with Gasteiger partial charge in [0, 0.05) is 49.9 Å². The van der Waals surface area contributed by atoms with E-state index in [0.29, 0.717) is 26.3 Å². The van der Waals surface area contributed by atoms with Crippen molar-refractivity contribution in [3.63, 3.8) is 0 Å². The molecule has 0 unspecified atom stereocenters. The molecule has 1 aromatic carbocycles. The van der Waals surface area contributed by atoms with E-state index in [-0.39, 0.29) is 23.8 Å². The summed E-state index contributed by atoms with van der Waals surface area (Å²) in [6.45, 7) is 2.45. The summed E-state index contributed by atoms with van der Waals surface area (Å²) in [5.41, 5.74) is 1.81. The molecule has 4 heterocycles. The second-order valence-electron chi connectivity index (χ2n) is 8.40. The molecule has 5 rings (SSSR count). The quantitative estimate of drug-likeness (QED) is 0.702. The summed E-state index contributed by atoms with van der Waals surface area (Å²) >= 11 is 0. The Bertz CT molecular complexity index is 1100. The van der Waals surface area contributed by atoms with Crippen molar-refractivity contribution in [3.8, 4) is 0 Å².